The lowest BCUT2D eigenvalue weighted by molar-refractivity contribution is 0.0313. The van der Waals surface area contributed by atoms with Crippen molar-refractivity contribution in [3.05, 3.63) is 0 Å². The van der Waals surface area contributed by atoms with Crippen LogP contribution in [0.15, 0.2) is 0 Å². The van der Waals surface area contributed by atoms with Crippen LogP contribution in [0.4, 0.5) is 0 Å². The smallest absolute Gasteiger partial charge is 0.0136 e. The largest absolute Gasteiger partial charge is 0.316 e. The lowest BCUT2D eigenvalue weighted by atomic mass is 9.76. The average molecular weight is 252 g/mol. The van der Waals surface area contributed by atoms with Gasteiger partial charge in [0.1, 0.15) is 0 Å². The van der Waals surface area contributed by atoms with Gasteiger partial charge >= 0.3 is 0 Å². The van der Waals surface area contributed by atoms with E-state index < -0.39 is 0 Å². The fourth-order valence-electron chi connectivity index (χ4n) is 3.71. The molecule has 2 saturated carbocycles. The predicted octanol–water partition coefficient (Wildman–Crippen LogP) is 3.28. The third-order valence-electron chi connectivity index (χ3n) is 5.30. The summed E-state index contributed by atoms with van der Waals surface area (Å²) in [6.07, 6.45) is 9.89. The highest BCUT2D eigenvalue weighted by Crippen LogP contribution is 2.35. The molecule has 0 heterocycles. The van der Waals surface area contributed by atoms with Crippen LogP contribution in [0.2, 0.25) is 0 Å². The van der Waals surface area contributed by atoms with E-state index in [1.165, 1.54) is 58.0 Å². The molecule has 1 N–H and O–H groups in total. The third-order valence-corrected chi connectivity index (χ3v) is 5.30. The molecule has 0 spiro atoms. The van der Waals surface area contributed by atoms with Gasteiger partial charge < -0.3 is 10.2 Å². The van der Waals surface area contributed by atoms with Crippen LogP contribution in [0.5, 0.6) is 0 Å². The Morgan fingerprint density at radius 3 is 2.33 bits per heavy atom. The Kier molecular flexibility index (Phi) is 5.50. The van der Waals surface area contributed by atoms with Crippen LogP contribution >= 0.6 is 0 Å². The fourth-order valence-corrected chi connectivity index (χ4v) is 3.71. The summed E-state index contributed by atoms with van der Waals surface area (Å²) >= 11 is 0. The molecule has 0 aromatic rings. The Hall–Kier alpha value is -0.0800. The van der Waals surface area contributed by atoms with E-state index >= 15 is 0 Å². The molecule has 0 aliphatic heterocycles. The van der Waals surface area contributed by atoms with Crippen molar-refractivity contribution in [1.82, 2.24) is 10.2 Å². The summed E-state index contributed by atoms with van der Waals surface area (Å²) in [5.41, 5.74) is 0. The summed E-state index contributed by atoms with van der Waals surface area (Å²) in [7, 11) is 2.39. The highest BCUT2D eigenvalue weighted by Gasteiger charge is 2.36. The van der Waals surface area contributed by atoms with Gasteiger partial charge in [0, 0.05) is 12.1 Å². The normalized spacial score (nSPS) is 36.7. The van der Waals surface area contributed by atoms with Crippen LogP contribution in [0, 0.1) is 11.8 Å². The zero-order valence-corrected chi connectivity index (χ0v) is 12.6. The van der Waals surface area contributed by atoms with E-state index in [-0.39, 0.29) is 0 Å². The highest BCUT2D eigenvalue weighted by molar-refractivity contribution is 4.92. The summed E-state index contributed by atoms with van der Waals surface area (Å²) in [4.78, 5) is 2.73. The molecular formula is C16H32N2. The predicted molar refractivity (Wildman–Crippen MR) is 78.9 cm³/mol. The molecule has 2 aliphatic carbocycles. The third kappa shape index (κ3) is 3.48. The molecule has 0 radical (unpaired) electrons. The molecule has 106 valence electrons. The van der Waals surface area contributed by atoms with Crippen molar-refractivity contribution in [2.45, 2.75) is 70.9 Å². The van der Waals surface area contributed by atoms with Gasteiger partial charge in [-0.3, -0.25) is 0 Å². The first kappa shape index (κ1) is 14.3. The van der Waals surface area contributed by atoms with E-state index in [9.17, 15) is 0 Å². The molecular weight excluding hydrogens is 220 g/mol. The Morgan fingerprint density at radius 1 is 1.06 bits per heavy atom. The minimum Gasteiger partial charge on any atom is -0.316 e. The zero-order valence-electron chi connectivity index (χ0n) is 12.6. The summed E-state index contributed by atoms with van der Waals surface area (Å²) in [5.74, 6) is 1.89. The van der Waals surface area contributed by atoms with Gasteiger partial charge in [0.2, 0.25) is 0 Å². The number of nitrogens with one attached hydrogen (secondary N) is 1. The van der Waals surface area contributed by atoms with Crippen LogP contribution in [0.25, 0.3) is 0 Å². The van der Waals surface area contributed by atoms with Gasteiger partial charge in [0.05, 0.1) is 0 Å². The van der Waals surface area contributed by atoms with Gasteiger partial charge in [-0.05, 0) is 76.9 Å². The first-order chi connectivity index (χ1) is 8.72. The monoisotopic (exact) mass is 252 g/mol. The quantitative estimate of drug-likeness (QED) is 0.730. The van der Waals surface area contributed by atoms with Crippen molar-refractivity contribution in [3.8, 4) is 0 Å². The average Bonchev–Trinajstić information content (AvgIpc) is 2.34. The van der Waals surface area contributed by atoms with Crippen LogP contribution < -0.4 is 5.32 Å². The van der Waals surface area contributed by atoms with Gasteiger partial charge in [-0.15, -0.1) is 0 Å². The SMILES string of the molecule is CCCNCC1CCC1N(C)C1CCC(C)CC1. The molecule has 2 nitrogen and oxygen atoms in total. The first-order valence-electron chi connectivity index (χ1n) is 8.15. The molecule has 18 heavy (non-hydrogen) atoms. The summed E-state index contributed by atoms with van der Waals surface area (Å²) in [5, 5.41) is 3.61. The van der Waals surface area contributed by atoms with E-state index in [0.717, 1.165) is 23.9 Å². The summed E-state index contributed by atoms with van der Waals surface area (Å²) < 4.78 is 0. The topological polar surface area (TPSA) is 15.3 Å². The van der Waals surface area contributed by atoms with E-state index in [2.05, 4.69) is 31.1 Å². The van der Waals surface area contributed by atoms with Crippen molar-refractivity contribution in [2.75, 3.05) is 20.1 Å². The number of rotatable bonds is 6. The maximum atomic E-state index is 3.61. The van der Waals surface area contributed by atoms with E-state index in [1.54, 1.807) is 0 Å². The minimum atomic E-state index is 0.868. The van der Waals surface area contributed by atoms with Crippen LogP contribution in [0.1, 0.15) is 58.8 Å². The van der Waals surface area contributed by atoms with Gasteiger partial charge in [0.25, 0.3) is 0 Å². The molecule has 2 aliphatic rings. The number of nitrogens with zero attached hydrogens (tertiary/aromatic N) is 1. The van der Waals surface area contributed by atoms with Crippen molar-refractivity contribution >= 4 is 0 Å². The molecule has 2 unspecified atom stereocenters. The number of hydrogen-bond donors (Lipinski definition) is 1. The lowest BCUT2D eigenvalue weighted by Gasteiger charge is -2.47. The molecule has 0 saturated heterocycles. The summed E-state index contributed by atoms with van der Waals surface area (Å²) in [6.45, 7) is 7.09. The second-order valence-corrected chi connectivity index (χ2v) is 6.69. The fraction of sp³-hybridized carbons (Fsp3) is 1.00. The molecule has 2 heteroatoms. The summed E-state index contributed by atoms with van der Waals surface area (Å²) in [6, 6.07) is 1.74. The van der Waals surface area contributed by atoms with Gasteiger partial charge in [-0.25, -0.2) is 0 Å². The first-order valence-corrected chi connectivity index (χ1v) is 8.15. The van der Waals surface area contributed by atoms with E-state index in [0.29, 0.717) is 0 Å². The van der Waals surface area contributed by atoms with E-state index in [4.69, 9.17) is 0 Å². The highest BCUT2D eigenvalue weighted by atomic mass is 15.2. The molecule has 0 bridgehead atoms. The van der Waals surface area contributed by atoms with Gasteiger partial charge in [-0.2, -0.15) is 0 Å². The number of hydrogen-bond acceptors (Lipinski definition) is 2. The molecule has 2 fully saturated rings. The second-order valence-electron chi connectivity index (χ2n) is 6.69. The Bertz CT molecular complexity index is 233. The molecule has 0 amide bonds. The van der Waals surface area contributed by atoms with E-state index in [1.807, 2.05) is 0 Å². The second kappa shape index (κ2) is 6.91. The van der Waals surface area contributed by atoms with Crippen molar-refractivity contribution in [2.24, 2.45) is 11.8 Å². The zero-order chi connectivity index (χ0) is 13.0. The maximum Gasteiger partial charge on any atom is 0.0136 e. The van der Waals surface area contributed by atoms with Crippen molar-refractivity contribution < 1.29 is 0 Å². The minimum absolute atomic E-state index is 0.868. The van der Waals surface area contributed by atoms with Crippen LogP contribution in [-0.4, -0.2) is 37.1 Å². The standard InChI is InChI=1S/C16H32N2/c1-4-11-17-12-14-7-10-16(14)18(3)15-8-5-13(2)6-9-15/h13-17H,4-12H2,1-3H3. The van der Waals surface area contributed by atoms with Crippen LogP contribution in [-0.2, 0) is 0 Å². The van der Waals surface area contributed by atoms with Gasteiger partial charge in [0.15, 0.2) is 0 Å². The Balaban J connectivity index is 1.73. The van der Waals surface area contributed by atoms with Gasteiger partial charge in [-0.1, -0.05) is 13.8 Å². The molecule has 0 aromatic carbocycles. The maximum absolute atomic E-state index is 3.61. The molecule has 0 aromatic heterocycles. The molecule has 2 rings (SSSR count). The lowest BCUT2D eigenvalue weighted by Crippen LogP contribution is -2.53. The molecule has 2 atom stereocenters. The van der Waals surface area contributed by atoms with Crippen molar-refractivity contribution in [1.29, 1.82) is 0 Å². The Morgan fingerprint density at radius 2 is 1.78 bits per heavy atom. The van der Waals surface area contributed by atoms with Crippen LogP contribution in [0.3, 0.4) is 0 Å². The Labute approximate surface area is 114 Å². The van der Waals surface area contributed by atoms with Crippen molar-refractivity contribution in [3.63, 3.8) is 0 Å².